The minimum Gasteiger partial charge on any atom is -0.0622 e. The molecule has 0 atom stereocenters. The van der Waals surface area contributed by atoms with Crippen molar-refractivity contribution >= 4 is 86.2 Å². The average molecular weight is 919 g/mol. The molecule has 0 saturated heterocycles. The molecule has 72 heavy (non-hydrogen) atoms. The molecule has 2 aliphatic rings. The van der Waals surface area contributed by atoms with E-state index in [4.69, 9.17) is 0 Å². The Balaban J connectivity index is 1.14. The molecule has 0 bridgehead atoms. The van der Waals surface area contributed by atoms with E-state index in [0.717, 1.165) is 12.8 Å². The molecule has 0 saturated carbocycles. The van der Waals surface area contributed by atoms with Crippen molar-refractivity contribution in [2.75, 3.05) is 0 Å². The first-order valence-electron chi connectivity index (χ1n) is 26.0. The van der Waals surface area contributed by atoms with E-state index in [1.54, 1.807) is 0 Å². The van der Waals surface area contributed by atoms with Crippen molar-refractivity contribution in [2.45, 2.75) is 65.2 Å². The molecule has 15 rings (SSSR count). The van der Waals surface area contributed by atoms with E-state index >= 15 is 0 Å². The Kier molecular flexibility index (Phi) is 8.54. The zero-order valence-electron chi connectivity index (χ0n) is 41.9. The van der Waals surface area contributed by atoms with Gasteiger partial charge in [0, 0.05) is 0 Å². The fourth-order valence-electron chi connectivity index (χ4n) is 14.2. The Hall–Kier alpha value is -8.06. The Labute approximate surface area is 421 Å². The molecular formula is C72H54. The van der Waals surface area contributed by atoms with Crippen LogP contribution in [0.1, 0.15) is 74.9 Å². The molecule has 0 unspecified atom stereocenters. The lowest BCUT2D eigenvalue weighted by Gasteiger charge is -2.29. The fraction of sp³-hybridized carbons (Fsp3) is 0.139. The highest BCUT2D eigenvalue weighted by molar-refractivity contribution is 6.33. The summed E-state index contributed by atoms with van der Waals surface area (Å²) in [4.78, 5) is 0. The van der Waals surface area contributed by atoms with Crippen molar-refractivity contribution in [1.29, 1.82) is 0 Å². The molecule has 13 aromatic rings. The van der Waals surface area contributed by atoms with Crippen LogP contribution >= 0.6 is 0 Å². The van der Waals surface area contributed by atoms with Crippen LogP contribution in [0.2, 0.25) is 0 Å². The van der Waals surface area contributed by atoms with Crippen LogP contribution < -0.4 is 0 Å². The van der Waals surface area contributed by atoms with Gasteiger partial charge in [-0.1, -0.05) is 230 Å². The largest absolute Gasteiger partial charge is 0.0622 e. The van der Waals surface area contributed by atoms with Gasteiger partial charge in [0.15, 0.2) is 0 Å². The first-order chi connectivity index (χ1) is 35.0. The van der Waals surface area contributed by atoms with Gasteiger partial charge >= 0.3 is 0 Å². The lowest BCUT2D eigenvalue weighted by Crippen LogP contribution is -2.16. The molecule has 0 aromatic heterocycles. The van der Waals surface area contributed by atoms with Crippen LogP contribution in [0.5, 0.6) is 0 Å². The number of benzene rings is 13. The van der Waals surface area contributed by atoms with Gasteiger partial charge in [-0.25, -0.2) is 0 Å². The summed E-state index contributed by atoms with van der Waals surface area (Å²) in [7, 11) is 0. The summed E-state index contributed by atoms with van der Waals surface area (Å²) in [5.74, 6) is 0. The van der Waals surface area contributed by atoms with Crippen molar-refractivity contribution in [1.82, 2.24) is 0 Å². The van der Waals surface area contributed by atoms with Crippen LogP contribution in [0.15, 0.2) is 194 Å². The molecule has 0 nitrogen and oxygen atoms in total. The number of rotatable bonds is 2. The van der Waals surface area contributed by atoms with Gasteiger partial charge in [-0.3, -0.25) is 0 Å². The third-order valence-corrected chi connectivity index (χ3v) is 16.8. The van der Waals surface area contributed by atoms with Gasteiger partial charge in [-0.05, 0) is 194 Å². The molecule has 2 aliphatic carbocycles. The molecule has 342 valence electrons. The molecule has 0 heterocycles. The summed E-state index contributed by atoms with van der Waals surface area (Å²) in [6, 6.07) is 74.4. The molecule has 13 aromatic carbocycles. The summed E-state index contributed by atoms with van der Waals surface area (Å²) in [5, 5.41) is 21.2. The number of hydrogen-bond donors (Lipinski definition) is 0. The van der Waals surface area contributed by atoms with Crippen LogP contribution in [0, 0.1) is 0 Å². The van der Waals surface area contributed by atoms with Crippen LogP contribution in [-0.4, -0.2) is 0 Å². The van der Waals surface area contributed by atoms with Crippen molar-refractivity contribution in [3.8, 4) is 44.5 Å². The maximum Gasteiger partial charge on any atom is -0.000995 e. The van der Waals surface area contributed by atoms with E-state index < -0.39 is 0 Å². The van der Waals surface area contributed by atoms with E-state index in [0.29, 0.717) is 0 Å². The maximum absolute atomic E-state index is 2.68. The Morgan fingerprint density at radius 1 is 0.278 bits per heavy atom. The monoisotopic (exact) mass is 918 g/mol. The summed E-state index contributed by atoms with van der Waals surface area (Å²) >= 11 is 0. The zero-order valence-corrected chi connectivity index (χ0v) is 41.9. The molecule has 0 spiro atoms. The van der Waals surface area contributed by atoms with Gasteiger partial charge < -0.3 is 0 Å². The van der Waals surface area contributed by atoms with Gasteiger partial charge in [-0.15, -0.1) is 0 Å². The SMILES string of the molecule is CC(C)(C)c1c2c(c(-c3ccccc3)c3c1ccc1ccc4ccc5ccccc5c4c13)-c1cc3c(cc1C2)Cc1c-3c(-c2ccccc2)c2c(ccc3ccc4ccc5ccccc5c4c32)c1C(C)(C)C. The zero-order chi connectivity index (χ0) is 48.4. The second-order valence-electron chi connectivity index (χ2n) is 23.0. The molecular weight excluding hydrogens is 865 g/mol. The normalized spacial score (nSPS) is 13.3. The number of hydrogen-bond acceptors (Lipinski definition) is 0. The highest BCUT2D eigenvalue weighted by Crippen LogP contribution is 2.59. The topological polar surface area (TPSA) is 0 Å². The van der Waals surface area contributed by atoms with E-state index in [1.165, 1.54) is 164 Å². The van der Waals surface area contributed by atoms with Gasteiger partial charge in [-0.2, -0.15) is 0 Å². The van der Waals surface area contributed by atoms with Crippen LogP contribution in [0.3, 0.4) is 0 Å². The summed E-state index contributed by atoms with van der Waals surface area (Å²) in [5.41, 5.74) is 19.4. The third kappa shape index (κ3) is 5.75. The summed E-state index contributed by atoms with van der Waals surface area (Å²) in [6.07, 6.45) is 1.83. The van der Waals surface area contributed by atoms with Crippen LogP contribution in [0.4, 0.5) is 0 Å². The second kappa shape index (κ2) is 14.8. The predicted molar refractivity (Wildman–Crippen MR) is 311 cm³/mol. The van der Waals surface area contributed by atoms with Gasteiger partial charge in [0.2, 0.25) is 0 Å². The molecule has 0 radical (unpaired) electrons. The average Bonchev–Trinajstić information content (AvgIpc) is 3.94. The lowest BCUT2D eigenvalue weighted by molar-refractivity contribution is 0.591. The minimum absolute atomic E-state index is 0.121. The van der Waals surface area contributed by atoms with Crippen molar-refractivity contribution in [3.63, 3.8) is 0 Å². The van der Waals surface area contributed by atoms with Crippen molar-refractivity contribution in [2.24, 2.45) is 0 Å². The Morgan fingerprint density at radius 2 is 0.625 bits per heavy atom. The summed E-state index contributed by atoms with van der Waals surface area (Å²) in [6.45, 7) is 14.6. The predicted octanol–water partition coefficient (Wildman–Crippen LogP) is 20.0. The Bertz CT molecular complexity index is 4230. The Morgan fingerprint density at radius 3 is 1.03 bits per heavy atom. The third-order valence-electron chi connectivity index (χ3n) is 16.8. The highest BCUT2D eigenvalue weighted by Gasteiger charge is 2.38. The van der Waals surface area contributed by atoms with Crippen LogP contribution in [-0.2, 0) is 23.7 Å². The van der Waals surface area contributed by atoms with Gasteiger partial charge in [0.1, 0.15) is 0 Å². The van der Waals surface area contributed by atoms with E-state index in [9.17, 15) is 0 Å². The molecule has 0 N–H and O–H groups in total. The molecule has 0 amide bonds. The smallest absolute Gasteiger partial charge is 0.000995 e. The van der Waals surface area contributed by atoms with E-state index in [-0.39, 0.29) is 10.8 Å². The summed E-state index contributed by atoms with van der Waals surface area (Å²) < 4.78 is 0. The first kappa shape index (κ1) is 41.7. The quantitative estimate of drug-likeness (QED) is 0.152. The highest BCUT2D eigenvalue weighted by atomic mass is 14.4. The van der Waals surface area contributed by atoms with E-state index in [1.807, 2.05) is 0 Å². The van der Waals surface area contributed by atoms with Crippen molar-refractivity contribution < 1.29 is 0 Å². The van der Waals surface area contributed by atoms with E-state index in [2.05, 4.69) is 236 Å². The van der Waals surface area contributed by atoms with Gasteiger partial charge in [0.25, 0.3) is 0 Å². The minimum atomic E-state index is -0.121. The lowest BCUT2D eigenvalue weighted by atomic mass is 9.74. The number of fused-ring (bicyclic) bond motifs is 20. The van der Waals surface area contributed by atoms with Gasteiger partial charge in [0.05, 0.1) is 0 Å². The molecule has 0 heteroatoms. The second-order valence-corrected chi connectivity index (χ2v) is 23.0. The fourth-order valence-corrected chi connectivity index (χ4v) is 14.2. The molecule has 0 aliphatic heterocycles. The molecule has 0 fully saturated rings. The van der Waals surface area contributed by atoms with Crippen molar-refractivity contribution in [3.05, 3.63) is 228 Å². The maximum atomic E-state index is 2.68. The first-order valence-corrected chi connectivity index (χ1v) is 26.0. The van der Waals surface area contributed by atoms with Crippen LogP contribution in [0.25, 0.3) is 131 Å². The standard InChI is InChI=1S/C72H54/c1-71(2,3)69-53-35-33-47-31-29-45-27-25-41-17-13-15-23-51(41)59(45)61(47)67(53)63(43-19-9-7-10-20-43)65-55-40-56-50(37-49(55)38-57(65)69)39-58-66(56)64(44-21-11-8-12-22-44)68-54(70(58)72(4,5)6)36-34-48-32-30-46-28-26-42-18-14-16-24-52(42)60(46)62(48)68/h7-37,40H,38-39H2,1-6H3.